The Balaban J connectivity index is 1.56. The van der Waals surface area contributed by atoms with Crippen LogP contribution in [0.25, 0.3) is 16.5 Å². The molecule has 12 heteroatoms. The molecule has 4 heterocycles. The Morgan fingerprint density at radius 2 is 1.94 bits per heavy atom. The number of dihydropyridines is 1. The number of allylic oxidation sites excluding steroid dienone is 1. The highest BCUT2D eigenvalue weighted by Crippen LogP contribution is 2.36. The highest BCUT2D eigenvalue weighted by Gasteiger charge is 2.52. The van der Waals surface area contributed by atoms with Crippen molar-refractivity contribution in [2.75, 3.05) is 13.1 Å². The quantitative estimate of drug-likeness (QED) is 0.549. The van der Waals surface area contributed by atoms with Crippen LogP contribution in [0, 0.1) is 11.3 Å². The van der Waals surface area contributed by atoms with Crippen LogP contribution in [0.2, 0.25) is 0 Å². The van der Waals surface area contributed by atoms with Crippen LogP contribution in [-0.2, 0) is 10.0 Å². The average molecular weight is 568 g/mol. The van der Waals surface area contributed by atoms with Gasteiger partial charge in [-0.25, -0.2) is 8.42 Å². The zero-order chi connectivity index (χ0) is 25.0. The Hall–Kier alpha value is -2.44. The van der Waals surface area contributed by atoms with Gasteiger partial charge in [0.2, 0.25) is 0 Å². The molecular weight excluding hydrogens is 547 g/mol. The number of rotatable bonds is 3. The minimum Gasteiger partial charge on any atom is -0.308 e. The van der Waals surface area contributed by atoms with Crippen molar-refractivity contribution < 1.29 is 21.6 Å². The van der Waals surface area contributed by atoms with Crippen molar-refractivity contribution in [2.24, 2.45) is 15.9 Å². The number of pyridine rings is 1. The van der Waals surface area contributed by atoms with Crippen molar-refractivity contribution in [1.82, 2.24) is 9.29 Å². The molecular formula is C23H21BrF3N5O2S. The highest BCUT2D eigenvalue weighted by molar-refractivity contribution is 9.10. The molecule has 2 bridgehead atoms. The number of fused-ring (bicyclic) bond motifs is 3. The van der Waals surface area contributed by atoms with Crippen LogP contribution in [0.1, 0.15) is 24.8 Å². The highest BCUT2D eigenvalue weighted by atomic mass is 79.9. The maximum Gasteiger partial charge on any atom is 0.511 e. The molecule has 3 aliphatic heterocycles. The summed E-state index contributed by atoms with van der Waals surface area (Å²) < 4.78 is 63.6. The summed E-state index contributed by atoms with van der Waals surface area (Å²) in [6.45, 7) is -0.573. The number of hydrogen-bond acceptors (Lipinski definition) is 6. The van der Waals surface area contributed by atoms with Crippen molar-refractivity contribution in [3.8, 4) is 0 Å². The van der Waals surface area contributed by atoms with Gasteiger partial charge in [-0.15, -0.1) is 0 Å². The molecule has 7 nitrogen and oxygen atoms in total. The molecule has 5 rings (SSSR count). The fraction of sp³-hybridized carbons (Fsp3) is 0.391. The van der Waals surface area contributed by atoms with Crippen LogP contribution in [0.5, 0.6) is 0 Å². The van der Waals surface area contributed by atoms with E-state index in [1.54, 1.807) is 12.4 Å². The SMILES string of the molecule is N=C1CC2CC(=C(c3cnc4ccccc4c3)C=N2)N=C(C2CCN(S(=O)(=O)C(F)(F)F)C2)C1Br. The van der Waals surface area contributed by atoms with Gasteiger partial charge in [0, 0.05) is 72.2 Å². The molecule has 0 amide bonds. The number of para-hydroxylation sites is 1. The van der Waals surface area contributed by atoms with E-state index in [0.29, 0.717) is 34.3 Å². The van der Waals surface area contributed by atoms with Gasteiger partial charge in [0.05, 0.1) is 22.1 Å². The van der Waals surface area contributed by atoms with E-state index in [9.17, 15) is 21.6 Å². The molecule has 3 atom stereocenters. The number of nitrogens with one attached hydrogen (secondary N) is 1. The normalized spacial score (nSPS) is 26.1. The number of hydrogen-bond donors (Lipinski definition) is 1. The maximum atomic E-state index is 13.1. The van der Waals surface area contributed by atoms with Crippen LogP contribution in [0.15, 0.2) is 52.2 Å². The second kappa shape index (κ2) is 8.90. The van der Waals surface area contributed by atoms with E-state index in [4.69, 9.17) is 10.4 Å². The molecule has 3 aliphatic rings. The molecule has 1 N–H and O–H groups in total. The molecule has 1 aromatic carbocycles. The van der Waals surface area contributed by atoms with Crippen LogP contribution in [-0.4, -0.2) is 64.8 Å². The largest absolute Gasteiger partial charge is 0.511 e. The van der Waals surface area contributed by atoms with Crippen LogP contribution in [0.3, 0.4) is 0 Å². The minimum absolute atomic E-state index is 0.161. The van der Waals surface area contributed by atoms with Gasteiger partial charge in [-0.1, -0.05) is 34.1 Å². The average Bonchev–Trinajstić information content (AvgIpc) is 3.31. The van der Waals surface area contributed by atoms with Crippen LogP contribution < -0.4 is 0 Å². The summed E-state index contributed by atoms with van der Waals surface area (Å²) in [5, 5.41) is 9.44. The van der Waals surface area contributed by atoms with E-state index in [1.807, 2.05) is 30.3 Å². The monoisotopic (exact) mass is 567 g/mol. The Morgan fingerprint density at radius 1 is 1.17 bits per heavy atom. The molecule has 0 aliphatic carbocycles. The van der Waals surface area contributed by atoms with E-state index in [2.05, 4.69) is 25.9 Å². The van der Waals surface area contributed by atoms with Gasteiger partial charge < -0.3 is 5.41 Å². The standard InChI is InChI=1S/C23H21BrF3N5O2S/c24-21-18(28)8-16-9-20(17(11-29-16)15-7-13-3-1-2-4-19(13)30-10-15)31-22(21)14-5-6-32(12-14)35(33,34)23(25,26)27/h1-4,7,10-11,14,16,21,28H,5-6,8-9,12H2. The van der Waals surface area contributed by atoms with Crippen molar-refractivity contribution in [1.29, 1.82) is 5.41 Å². The first-order valence-corrected chi connectivity index (χ1v) is 13.4. The third kappa shape index (κ3) is 4.47. The Morgan fingerprint density at radius 3 is 2.71 bits per heavy atom. The third-order valence-electron chi connectivity index (χ3n) is 6.54. The molecule has 1 saturated heterocycles. The first-order chi connectivity index (χ1) is 16.5. The lowest BCUT2D eigenvalue weighted by atomic mass is 9.89. The number of aromatic nitrogens is 1. The second-order valence-electron chi connectivity index (χ2n) is 8.84. The van der Waals surface area contributed by atoms with Crippen molar-refractivity contribution in [2.45, 2.75) is 35.6 Å². The van der Waals surface area contributed by atoms with Gasteiger partial charge in [0.1, 0.15) is 0 Å². The fourth-order valence-electron chi connectivity index (χ4n) is 4.71. The molecule has 184 valence electrons. The summed E-state index contributed by atoms with van der Waals surface area (Å²) in [5.74, 6) is -0.546. The Bertz CT molecular complexity index is 1400. The lowest BCUT2D eigenvalue weighted by Crippen LogP contribution is -2.41. The minimum atomic E-state index is -5.42. The van der Waals surface area contributed by atoms with Gasteiger partial charge in [-0.2, -0.15) is 17.5 Å². The zero-order valence-corrected chi connectivity index (χ0v) is 20.7. The molecule has 0 radical (unpaired) electrons. The van der Waals surface area contributed by atoms with E-state index < -0.39 is 26.3 Å². The third-order valence-corrected chi connectivity index (χ3v) is 9.16. The van der Waals surface area contributed by atoms with E-state index in [0.717, 1.165) is 22.0 Å². The lowest BCUT2D eigenvalue weighted by molar-refractivity contribution is -0.0483. The second-order valence-corrected chi connectivity index (χ2v) is 11.7. The maximum absolute atomic E-state index is 13.1. The predicted octanol–water partition coefficient (Wildman–Crippen LogP) is 4.59. The van der Waals surface area contributed by atoms with E-state index in [1.165, 1.54) is 0 Å². The molecule has 2 aromatic rings. The topological polar surface area (TPSA) is 98.8 Å². The molecule has 3 unspecified atom stereocenters. The molecule has 35 heavy (non-hydrogen) atoms. The van der Waals surface area contributed by atoms with Crippen LogP contribution in [0.4, 0.5) is 13.2 Å². The van der Waals surface area contributed by atoms with Gasteiger partial charge in [0.15, 0.2) is 0 Å². The lowest BCUT2D eigenvalue weighted by Gasteiger charge is -2.28. The Kier molecular flexibility index (Phi) is 6.17. The van der Waals surface area contributed by atoms with Crippen molar-refractivity contribution >= 4 is 60.1 Å². The van der Waals surface area contributed by atoms with Gasteiger partial charge >= 0.3 is 15.5 Å². The smallest absolute Gasteiger partial charge is 0.308 e. The van der Waals surface area contributed by atoms with Crippen molar-refractivity contribution in [3.63, 3.8) is 0 Å². The van der Waals surface area contributed by atoms with Gasteiger partial charge in [-0.05, 0) is 18.6 Å². The zero-order valence-electron chi connectivity index (χ0n) is 18.3. The van der Waals surface area contributed by atoms with Crippen LogP contribution >= 0.6 is 15.9 Å². The number of aliphatic imine (C=N–C) groups is 2. The Labute approximate surface area is 208 Å². The van der Waals surface area contributed by atoms with E-state index in [-0.39, 0.29) is 25.6 Å². The summed E-state index contributed by atoms with van der Waals surface area (Å²) in [4.78, 5) is 13.4. The molecule has 1 aromatic heterocycles. The van der Waals surface area contributed by atoms with Gasteiger partial charge in [0.25, 0.3) is 0 Å². The summed E-state index contributed by atoms with van der Waals surface area (Å²) in [6.07, 6.45) is 4.51. The fourth-order valence-corrected chi connectivity index (χ4v) is 6.39. The first-order valence-electron chi connectivity index (χ1n) is 11.0. The molecule has 1 fully saturated rings. The molecule has 0 saturated carbocycles. The number of alkyl halides is 4. The van der Waals surface area contributed by atoms with E-state index >= 15 is 0 Å². The summed E-state index contributed by atoms with van der Waals surface area (Å²) in [5.41, 5.74) is -1.41. The first kappa shape index (κ1) is 24.3. The van der Waals surface area contributed by atoms with Crippen molar-refractivity contribution in [3.05, 3.63) is 47.8 Å². The number of halogens is 4. The number of benzene rings is 1. The summed E-state index contributed by atoms with van der Waals surface area (Å²) in [7, 11) is -5.42. The predicted molar refractivity (Wildman–Crippen MR) is 133 cm³/mol. The summed E-state index contributed by atoms with van der Waals surface area (Å²) in [6, 6.07) is 9.53. The molecule has 0 spiro atoms. The number of sulfonamides is 1. The summed E-state index contributed by atoms with van der Waals surface area (Å²) >= 11 is 3.51. The van der Waals surface area contributed by atoms with Gasteiger partial charge in [-0.3, -0.25) is 15.0 Å². The number of nitrogens with zero attached hydrogens (tertiary/aromatic N) is 4.